The van der Waals surface area contributed by atoms with Crippen molar-refractivity contribution in [1.29, 1.82) is 0 Å². The summed E-state index contributed by atoms with van der Waals surface area (Å²) >= 11 is 3.34. The second-order valence-electron chi connectivity index (χ2n) is 4.59. The molecular formula is C13H13BrFN3. The summed E-state index contributed by atoms with van der Waals surface area (Å²) in [5.74, 6) is 0.438. The van der Waals surface area contributed by atoms with E-state index < -0.39 is 0 Å². The molecule has 0 unspecified atom stereocenters. The number of aryl methyl sites for hydroxylation is 1. The van der Waals surface area contributed by atoms with Crippen LogP contribution < -0.4 is 5.32 Å². The molecule has 0 bridgehead atoms. The summed E-state index contributed by atoms with van der Waals surface area (Å²) in [4.78, 5) is 4.41. The van der Waals surface area contributed by atoms with E-state index >= 15 is 0 Å². The molecule has 0 radical (unpaired) electrons. The maximum atomic E-state index is 13.7. The fraction of sp³-hybridized carbons (Fsp3) is 0.308. The molecule has 0 amide bonds. The SMILES string of the molecule is Cc1cn(C2CC2)c(Nc2cc(Br)ccc2F)n1. The summed E-state index contributed by atoms with van der Waals surface area (Å²) in [5.41, 5.74) is 1.39. The number of nitrogens with one attached hydrogen (secondary N) is 1. The van der Waals surface area contributed by atoms with Gasteiger partial charge in [-0.15, -0.1) is 0 Å². The predicted octanol–water partition coefficient (Wildman–Crippen LogP) is 4.17. The molecule has 0 spiro atoms. The first-order valence-corrected chi connectivity index (χ1v) is 6.70. The zero-order valence-electron chi connectivity index (χ0n) is 9.95. The number of halogens is 2. The van der Waals surface area contributed by atoms with Crippen molar-refractivity contribution in [2.24, 2.45) is 0 Å². The monoisotopic (exact) mass is 309 g/mol. The number of nitrogens with zero attached hydrogens (tertiary/aromatic N) is 2. The Morgan fingerprint density at radius 1 is 1.44 bits per heavy atom. The van der Waals surface area contributed by atoms with Crippen molar-refractivity contribution in [2.45, 2.75) is 25.8 Å². The molecule has 3 nitrogen and oxygen atoms in total. The van der Waals surface area contributed by atoms with E-state index in [1.807, 2.05) is 13.1 Å². The third-order valence-electron chi connectivity index (χ3n) is 2.97. The molecule has 1 fully saturated rings. The van der Waals surface area contributed by atoms with Gasteiger partial charge in [-0.2, -0.15) is 0 Å². The minimum Gasteiger partial charge on any atom is -0.323 e. The fourth-order valence-electron chi connectivity index (χ4n) is 1.95. The molecule has 1 aliphatic rings. The van der Waals surface area contributed by atoms with Crippen LogP contribution >= 0.6 is 15.9 Å². The Morgan fingerprint density at radius 2 is 2.22 bits per heavy atom. The topological polar surface area (TPSA) is 29.9 Å². The van der Waals surface area contributed by atoms with Crippen LogP contribution in [0.4, 0.5) is 16.0 Å². The summed E-state index contributed by atoms with van der Waals surface area (Å²) in [5, 5.41) is 3.07. The largest absolute Gasteiger partial charge is 0.323 e. The van der Waals surface area contributed by atoms with Gasteiger partial charge in [0.25, 0.3) is 0 Å². The first-order valence-electron chi connectivity index (χ1n) is 5.91. The molecular weight excluding hydrogens is 297 g/mol. The molecule has 1 heterocycles. The highest BCUT2D eigenvalue weighted by Gasteiger charge is 2.26. The highest BCUT2D eigenvalue weighted by molar-refractivity contribution is 9.10. The van der Waals surface area contributed by atoms with Crippen LogP contribution in [0, 0.1) is 12.7 Å². The molecule has 2 aromatic rings. The van der Waals surface area contributed by atoms with Gasteiger partial charge in [-0.25, -0.2) is 9.37 Å². The number of aromatic nitrogens is 2. The maximum Gasteiger partial charge on any atom is 0.207 e. The molecule has 5 heteroatoms. The molecule has 1 aromatic heterocycles. The molecule has 1 saturated carbocycles. The number of imidazole rings is 1. The second-order valence-corrected chi connectivity index (χ2v) is 5.51. The Labute approximate surface area is 113 Å². The number of rotatable bonds is 3. The van der Waals surface area contributed by atoms with E-state index in [0.717, 1.165) is 10.2 Å². The highest BCUT2D eigenvalue weighted by Crippen LogP contribution is 2.38. The predicted molar refractivity (Wildman–Crippen MR) is 72.6 cm³/mol. The van der Waals surface area contributed by atoms with Crippen molar-refractivity contribution in [3.63, 3.8) is 0 Å². The van der Waals surface area contributed by atoms with Gasteiger partial charge in [-0.1, -0.05) is 15.9 Å². The van der Waals surface area contributed by atoms with Gasteiger partial charge in [-0.3, -0.25) is 0 Å². The Hall–Kier alpha value is -1.36. The summed E-state index contributed by atoms with van der Waals surface area (Å²) in [7, 11) is 0. The standard InChI is InChI=1S/C13H13BrFN3/c1-8-7-18(10-3-4-10)13(16-8)17-12-6-9(14)2-5-11(12)15/h2,5-7,10H,3-4H2,1H3,(H,16,17). The summed E-state index contributed by atoms with van der Waals surface area (Å²) in [6.07, 6.45) is 4.35. The van der Waals surface area contributed by atoms with Gasteiger partial charge in [-0.05, 0) is 38.0 Å². The molecule has 0 saturated heterocycles. The Morgan fingerprint density at radius 3 is 2.94 bits per heavy atom. The first kappa shape index (κ1) is 11.7. The molecule has 1 N–H and O–H groups in total. The molecule has 94 valence electrons. The van der Waals surface area contributed by atoms with Crippen molar-refractivity contribution >= 4 is 27.6 Å². The maximum absolute atomic E-state index is 13.7. The third-order valence-corrected chi connectivity index (χ3v) is 3.46. The lowest BCUT2D eigenvalue weighted by molar-refractivity contribution is 0.630. The van der Waals surface area contributed by atoms with E-state index in [1.54, 1.807) is 12.1 Å². The van der Waals surface area contributed by atoms with Crippen molar-refractivity contribution < 1.29 is 4.39 Å². The number of hydrogen-bond donors (Lipinski definition) is 1. The van der Waals surface area contributed by atoms with Gasteiger partial charge in [0.2, 0.25) is 5.95 Å². The van der Waals surface area contributed by atoms with Crippen LogP contribution in [0.3, 0.4) is 0 Å². The van der Waals surface area contributed by atoms with Crippen molar-refractivity contribution in [2.75, 3.05) is 5.32 Å². The molecule has 1 aromatic carbocycles. The second kappa shape index (κ2) is 4.39. The summed E-state index contributed by atoms with van der Waals surface area (Å²) in [6.45, 7) is 1.95. The molecule has 0 atom stereocenters. The lowest BCUT2D eigenvalue weighted by Gasteiger charge is -2.09. The van der Waals surface area contributed by atoms with E-state index in [0.29, 0.717) is 17.7 Å². The van der Waals surface area contributed by atoms with Crippen LogP contribution in [0.2, 0.25) is 0 Å². The smallest absolute Gasteiger partial charge is 0.207 e. The normalized spacial score (nSPS) is 14.8. The van der Waals surface area contributed by atoms with Crippen molar-refractivity contribution in [1.82, 2.24) is 9.55 Å². The number of anilines is 2. The molecule has 18 heavy (non-hydrogen) atoms. The van der Waals surface area contributed by atoms with Crippen LogP contribution in [0.5, 0.6) is 0 Å². The van der Waals surface area contributed by atoms with Crippen LogP contribution in [-0.2, 0) is 0 Å². The van der Waals surface area contributed by atoms with E-state index in [9.17, 15) is 4.39 Å². The average molecular weight is 310 g/mol. The quantitative estimate of drug-likeness (QED) is 0.922. The van der Waals surface area contributed by atoms with Gasteiger partial charge >= 0.3 is 0 Å². The number of benzene rings is 1. The van der Waals surface area contributed by atoms with E-state index in [-0.39, 0.29) is 5.82 Å². The van der Waals surface area contributed by atoms with Crippen LogP contribution in [-0.4, -0.2) is 9.55 Å². The Kier molecular flexibility index (Phi) is 2.86. The number of hydrogen-bond acceptors (Lipinski definition) is 2. The van der Waals surface area contributed by atoms with E-state index in [2.05, 4.69) is 30.8 Å². The van der Waals surface area contributed by atoms with Crippen molar-refractivity contribution in [3.8, 4) is 0 Å². The summed E-state index contributed by atoms with van der Waals surface area (Å²) in [6, 6.07) is 5.35. The van der Waals surface area contributed by atoms with Crippen LogP contribution in [0.1, 0.15) is 24.6 Å². The van der Waals surface area contributed by atoms with E-state index in [4.69, 9.17) is 0 Å². The van der Waals surface area contributed by atoms with Gasteiger partial charge in [0, 0.05) is 16.7 Å². The zero-order valence-corrected chi connectivity index (χ0v) is 11.5. The minimum absolute atomic E-state index is 0.277. The minimum atomic E-state index is -0.277. The van der Waals surface area contributed by atoms with Crippen LogP contribution in [0.15, 0.2) is 28.9 Å². The van der Waals surface area contributed by atoms with Crippen LogP contribution in [0.25, 0.3) is 0 Å². The third kappa shape index (κ3) is 2.27. The first-order chi connectivity index (χ1) is 8.63. The van der Waals surface area contributed by atoms with Gasteiger partial charge in [0.15, 0.2) is 0 Å². The van der Waals surface area contributed by atoms with Gasteiger partial charge in [0.05, 0.1) is 11.4 Å². The Bertz CT molecular complexity index is 590. The molecule has 0 aliphatic heterocycles. The highest BCUT2D eigenvalue weighted by atomic mass is 79.9. The lowest BCUT2D eigenvalue weighted by Crippen LogP contribution is -2.02. The average Bonchev–Trinajstić information content (AvgIpc) is 3.09. The van der Waals surface area contributed by atoms with Gasteiger partial charge < -0.3 is 9.88 Å². The lowest BCUT2D eigenvalue weighted by atomic mass is 10.3. The molecule has 3 rings (SSSR count). The fourth-order valence-corrected chi connectivity index (χ4v) is 2.31. The van der Waals surface area contributed by atoms with Crippen molar-refractivity contribution in [3.05, 3.63) is 40.4 Å². The zero-order chi connectivity index (χ0) is 12.7. The van der Waals surface area contributed by atoms with E-state index in [1.165, 1.54) is 18.9 Å². The Balaban J connectivity index is 1.94. The van der Waals surface area contributed by atoms with Gasteiger partial charge in [0.1, 0.15) is 5.82 Å². The summed E-state index contributed by atoms with van der Waals surface area (Å²) < 4.78 is 16.6. The molecule has 1 aliphatic carbocycles.